The zero-order valence-electron chi connectivity index (χ0n) is 17.7. The molecule has 0 saturated heterocycles. The van der Waals surface area contributed by atoms with Crippen LogP contribution in [0.4, 0.5) is 5.69 Å². The van der Waals surface area contributed by atoms with E-state index in [1.165, 1.54) is 18.4 Å². The van der Waals surface area contributed by atoms with Crippen molar-refractivity contribution in [2.24, 2.45) is 5.73 Å². The topological polar surface area (TPSA) is 114 Å². The lowest BCUT2D eigenvalue weighted by molar-refractivity contribution is -0.123. The van der Waals surface area contributed by atoms with Gasteiger partial charge in [0.15, 0.2) is 0 Å². The quantitative estimate of drug-likeness (QED) is 0.210. The summed E-state index contributed by atoms with van der Waals surface area (Å²) >= 11 is 1.39. The van der Waals surface area contributed by atoms with Gasteiger partial charge in [-0.3, -0.25) is 10.2 Å². The highest BCUT2D eigenvalue weighted by Gasteiger charge is 2.24. The average Bonchev–Trinajstić information content (AvgIpc) is 3.28. The second kappa shape index (κ2) is 9.54. The number of methoxy groups -OCH3 is 1. The number of benzene rings is 3. The highest BCUT2D eigenvalue weighted by Crippen LogP contribution is 2.35. The number of hydrogen-bond acceptors (Lipinski definition) is 6. The molecule has 1 aromatic heterocycles. The van der Waals surface area contributed by atoms with Crippen molar-refractivity contribution in [3.63, 3.8) is 0 Å². The summed E-state index contributed by atoms with van der Waals surface area (Å²) in [6.07, 6.45) is -0.933. The summed E-state index contributed by atoms with van der Waals surface area (Å²) in [5.74, 6) is -0.325. The first kappa shape index (κ1) is 22.0. The molecule has 1 atom stereocenters. The van der Waals surface area contributed by atoms with Crippen LogP contribution in [0.1, 0.15) is 26.9 Å². The van der Waals surface area contributed by atoms with Gasteiger partial charge >= 0.3 is 5.97 Å². The molecular formula is C25H21N3O4S. The van der Waals surface area contributed by atoms with Gasteiger partial charge in [0.05, 0.1) is 17.6 Å². The molecule has 0 saturated carbocycles. The maximum atomic E-state index is 13.3. The van der Waals surface area contributed by atoms with E-state index in [0.29, 0.717) is 27.4 Å². The van der Waals surface area contributed by atoms with Gasteiger partial charge in [0.2, 0.25) is 6.10 Å². The summed E-state index contributed by atoms with van der Waals surface area (Å²) in [6, 6.07) is 22.9. The standard InChI is InChI=1S/C25H21N3O4S/c1-31-25(30)16-10-12-17(13-11-16)28-24(29)22(15-6-3-2-4-7-15)32-19-8-5-9-20-18(19)14-21(33-20)23(26)27/h2-14,22H,1H3,(H3,26,27)(H,28,29). The molecule has 4 rings (SSSR count). The first-order valence-electron chi connectivity index (χ1n) is 10.0. The van der Waals surface area contributed by atoms with E-state index in [4.69, 9.17) is 20.6 Å². The van der Waals surface area contributed by atoms with Gasteiger partial charge in [-0.1, -0.05) is 36.4 Å². The van der Waals surface area contributed by atoms with Crippen LogP contribution in [0, 0.1) is 5.41 Å². The number of hydrogen-bond donors (Lipinski definition) is 3. The third-order valence-electron chi connectivity index (χ3n) is 4.95. The number of rotatable bonds is 7. The third kappa shape index (κ3) is 4.86. The first-order valence-corrected chi connectivity index (χ1v) is 10.9. The Kier molecular flexibility index (Phi) is 6.37. The monoisotopic (exact) mass is 459 g/mol. The summed E-state index contributed by atoms with van der Waals surface area (Å²) in [6.45, 7) is 0. The molecule has 4 aromatic rings. The molecule has 3 aromatic carbocycles. The van der Waals surface area contributed by atoms with Crippen molar-refractivity contribution < 1.29 is 19.1 Å². The lowest BCUT2D eigenvalue weighted by Crippen LogP contribution is -2.25. The molecule has 166 valence electrons. The normalized spacial score (nSPS) is 11.5. The lowest BCUT2D eigenvalue weighted by atomic mass is 10.1. The Labute approximate surface area is 194 Å². The van der Waals surface area contributed by atoms with Crippen molar-refractivity contribution in [3.8, 4) is 5.75 Å². The fourth-order valence-electron chi connectivity index (χ4n) is 3.31. The second-order valence-electron chi connectivity index (χ2n) is 7.16. The van der Waals surface area contributed by atoms with E-state index in [0.717, 1.165) is 10.1 Å². The maximum Gasteiger partial charge on any atom is 0.337 e. The number of esters is 1. The van der Waals surface area contributed by atoms with Gasteiger partial charge in [-0.05, 0) is 42.5 Å². The van der Waals surface area contributed by atoms with E-state index < -0.39 is 12.1 Å². The summed E-state index contributed by atoms with van der Waals surface area (Å²) in [5.41, 5.74) is 7.24. The highest BCUT2D eigenvalue weighted by atomic mass is 32.1. The van der Waals surface area contributed by atoms with Crippen molar-refractivity contribution in [3.05, 3.63) is 94.9 Å². The Hall–Kier alpha value is -4.17. The Morgan fingerprint density at radius 1 is 1.00 bits per heavy atom. The zero-order chi connectivity index (χ0) is 23.4. The molecule has 1 heterocycles. The SMILES string of the molecule is COC(=O)c1ccc(NC(=O)C(Oc2cccc3sc(C(=N)N)cc23)c2ccccc2)cc1. The molecule has 33 heavy (non-hydrogen) atoms. The Morgan fingerprint density at radius 3 is 2.39 bits per heavy atom. The van der Waals surface area contributed by atoms with Crippen LogP contribution in [0.25, 0.3) is 10.1 Å². The number of amidine groups is 1. The van der Waals surface area contributed by atoms with Crippen molar-refractivity contribution >= 4 is 44.8 Å². The van der Waals surface area contributed by atoms with E-state index in [1.807, 2.05) is 42.5 Å². The minimum atomic E-state index is -0.933. The predicted octanol–water partition coefficient (Wildman–Crippen LogP) is 4.73. The molecule has 0 aliphatic rings. The van der Waals surface area contributed by atoms with Crippen molar-refractivity contribution in [1.29, 1.82) is 5.41 Å². The van der Waals surface area contributed by atoms with Gasteiger partial charge in [0.25, 0.3) is 5.91 Å². The molecule has 0 aliphatic carbocycles. The molecule has 4 N–H and O–H groups in total. The molecule has 0 fully saturated rings. The van der Waals surface area contributed by atoms with Gasteiger partial charge in [-0.2, -0.15) is 0 Å². The van der Waals surface area contributed by atoms with Crippen molar-refractivity contribution in [1.82, 2.24) is 0 Å². The van der Waals surface area contributed by atoms with Crippen LogP contribution in [-0.4, -0.2) is 24.8 Å². The third-order valence-corrected chi connectivity index (χ3v) is 6.08. The maximum absolute atomic E-state index is 13.3. The molecule has 1 unspecified atom stereocenters. The summed E-state index contributed by atoms with van der Waals surface area (Å²) < 4.78 is 11.8. The van der Waals surface area contributed by atoms with Crippen LogP contribution in [0.3, 0.4) is 0 Å². The Morgan fingerprint density at radius 2 is 1.73 bits per heavy atom. The number of carbonyl (C=O) groups excluding carboxylic acids is 2. The Balaban J connectivity index is 1.64. The van der Waals surface area contributed by atoms with Crippen LogP contribution >= 0.6 is 11.3 Å². The van der Waals surface area contributed by atoms with E-state index in [2.05, 4.69) is 5.32 Å². The molecule has 8 heteroatoms. The molecule has 1 amide bonds. The number of fused-ring (bicyclic) bond motifs is 1. The van der Waals surface area contributed by atoms with Gasteiger partial charge < -0.3 is 20.5 Å². The zero-order valence-corrected chi connectivity index (χ0v) is 18.5. The van der Waals surface area contributed by atoms with Crippen molar-refractivity contribution in [2.45, 2.75) is 6.10 Å². The number of ether oxygens (including phenoxy) is 2. The van der Waals surface area contributed by atoms with Crippen LogP contribution < -0.4 is 15.8 Å². The number of nitrogen functional groups attached to an aromatic ring is 1. The average molecular weight is 460 g/mol. The molecule has 0 spiro atoms. The first-order chi connectivity index (χ1) is 16.0. The van der Waals surface area contributed by atoms with E-state index in [1.54, 1.807) is 36.4 Å². The lowest BCUT2D eigenvalue weighted by Gasteiger charge is -2.20. The molecule has 0 bridgehead atoms. The predicted molar refractivity (Wildman–Crippen MR) is 129 cm³/mol. The number of nitrogens with two attached hydrogens (primary N) is 1. The highest BCUT2D eigenvalue weighted by molar-refractivity contribution is 7.20. The van der Waals surface area contributed by atoms with Crippen molar-refractivity contribution in [2.75, 3.05) is 12.4 Å². The van der Waals surface area contributed by atoms with Crippen LogP contribution in [-0.2, 0) is 9.53 Å². The Bertz CT molecular complexity index is 1320. The number of anilines is 1. The van der Waals surface area contributed by atoms with Crippen LogP contribution in [0.15, 0.2) is 78.9 Å². The minimum Gasteiger partial charge on any atom is -0.475 e. The summed E-state index contributed by atoms with van der Waals surface area (Å²) in [5, 5.41) is 11.3. The molecule has 7 nitrogen and oxygen atoms in total. The number of thiophene rings is 1. The van der Waals surface area contributed by atoms with E-state index in [9.17, 15) is 9.59 Å². The fraction of sp³-hybridized carbons (Fsp3) is 0.0800. The van der Waals surface area contributed by atoms with Gasteiger partial charge in [0, 0.05) is 21.3 Å². The van der Waals surface area contributed by atoms with Gasteiger partial charge in [-0.25, -0.2) is 4.79 Å². The smallest absolute Gasteiger partial charge is 0.337 e. The molecule has 0 aliphatic heterocycles. The van der Waals surface area contributed by atoms with Crippen LogP contribution in [0.5, 0.6) is 5.75 Å². The summed E-state index contributed by atoms with van der Waals surface area (Å²) in [4.78, 5) is 25.5. The van der Waals surface area contributed by atoms with Gasteiger partial charge in [0.1, 0.15) is 11.6 Å². The second-order valence-corrected chi connectivity index (χ2v) is 8.24. The molecular weight excluding hydrogens is 438 g/mol. The fourth-order valence-corrected chi connectivity index (χ4v) is 4.25. The molecule has 0 radical (unpaired) electrons. The number of amides is 1. The largest absolute Gasteiger partial charge is 0.475 e. The summed E-state index contributed by atoms with van der Waals surface area (Å²) in [7, 11) is 1.31. The van der Waals surface area contributed by atoms with Gasteiger partial charge in [-0.15, -0.1) is 11.3 Å². The minimum absolute atomic E-state index is 0.0186. The van der Waals surface area contributed by atoms with E-state index >= 15 is 0 Å². The van der Waals surface area contributed by atoms with E-state index in [-0.39, 0.29) is 11.7 Å². The number of nitrogens with one attached hydrogen (secondary N) is 2. The van der Waals surface area contributed by atoms with Crippen LogP contribution in [0.2, 0.25) is 0 Å². The number of carbonyl (C=O) groups is 2.